The van der Waals surface area contributed by atoms with Crippen LogP contribution in [0.25, 0.3) is 65.9 Å². The van der Waals surface area contributed by atoms with Gasteiger partial charge in [-0.2, -0.15) is 0 Å². The molecule has 0 atom stereocenters. The summed E-state index contributed by atoms with van der Waals surface area (Å²) < 4.78 is 1.12. The maximum atomic E-state index is 5.26. The minimum Gasteiger partial charge on any atom is -0.245 e. The lowest BCUT2D eigenvalue weighted by Crippen LogP contribution is -1.93. The molecular weight excluding hydrogens is 492 g/mol. The minimum atomic E-state index is 0.925. The Hall–Kier alpha value is -4.08. The van der Waals surface area contributed by atoms with E-state index >= 15 is 0 Å². The van der Waals surface area contributed by atoms with Gasteiger partial charge in [0.05, 0.1) is 22.4 Å². The Balaban J connectivity index is 1.56. The lowest BCUT2D eigenvalue weighted by atomic mass is 9.94. The summed E-state index contributed by atoms with van der Waals surface area (Å²) >= 11 is 3.86. The topological polar surface area (TPSA) is 25.8 Å². The number of aromatic nitrogens is 2. The molecule has 0 unspecified atom stereocenters. The van der Waals surface area contributed by atoms with Crippen LogP contribution in [0.2, 0.25) is 0 Å². The van der Waals surface area contributed by atoms with Gasteiger partial charge in [-0.15, -0.1) is 0 Å². The Morgan fingerprint density at radius 2 is 0.886 bits per heavy atom. The highest BCUT2D eigenvalue weighted by Gasteiger charge is 2.16. The van der Waals surface area contributed by atoms with Crippen molar-refractivity contribution < 1.29 is 0 Å². The SMILES string of the molecule is Brc1c2ccccc2c(-c2ccc3ccc4ccc(-c5ccccc5)nc4c3n2)c2ccccc12. The van der Waals surface area contributed by atoms with Crippen molar-refractivity contribution in [2.75, 3.05) is 0 Å². The average molecular weight is 511 g/mol. The number of pyridine rings is 2. The van der Waals surface area contributed by atoms with E-state index in [9.17, 15) is 0 Å². The molecule has 35 heavy (non-hydrogen) atoms. The van der Waals surface area contributed by atoms with Crippen LogP contribution in [0.4, 0.5) is 0 Å². The molecule has 0 saturated heterocycles. The van der Waals surface area contributed by atoms with E-state index in [2.05, 4.69) is 113 Å². The maximum absolute atomic E-state index is 5.26. The third-order valence-corrected chi connectivity index (χ3v) is 7.57. The first-order valence-electron chi connectivity index (χ1n) is 11.6. The van der Waals surface area contributed by atoms with Gasteiger partial charge in [-0.3, -0.25) is 0 Å². The molecule has 0 aliphatic rings. The minimum absolute atomic E-state index is 0.925. The van der Waals surface area contributed by atoms with Crippen LogP contribution in [0.5, 0.6) is 0 Å². The quantitative estimate of drug-likeness (QED) is 0.171. The van der Waals surface area contributed by atoms with Gasteiger partial charge < -0.3 is 0 Å². The number of halogens is 1. The van der Waals surface area contributed by atoms with E-state index in [1.165, 1.54) is 21.5 Å². The Bertz CT molecular complexity index is 1850. The molecule has 164 valence electrons. The van der Waals surface area contributed by atoms with Crippen LogP contribution >= 0.6 is 15.9 Å². The predicted molar refractivity (Wildman–Crippen MR) is 151 cm³/mol. The van der Waals surface area contributed by atoms with Crippen LogP contribution in [-0.4, -0.2) is 9.97 Å². The van der Waals surface area contributed by atoms with Gasteiger partial charge in [0.15, 0.2) is 0 Å². The number of hydrogen-bond donors (Lipinski definition) is 0. The van der Waals surface area contributed by atoms with Crippen LogP contribution in [0.3, 0.4) is 0 Å². The number of nitrogens with zero attached hydrogens (tertiary/aromatic N) is 2. The molecule has 7 aromatic rings. The largest absolute Gasteiger partial charge is 0.245 e. The highest BCUT2D eigenvalue weighted by molar-refractivity contribution is 9.10. The summed E-state index contributed by atoms with van der Waals surface area (Å²) in [5.41, 5.74) is 6.02. The first kappa shape index (κ1) is 20.3. The van der Waals surface area contributed by atoms with Crippen molar-refractivity contribution >= 4 is 59.3 Å². The Morgan fingerprint density at radius 3 is 1.49 bits per heavy atom. The van der Waals surface area contributed by atoms with Crippen molar-refractivity contribution in [3.05, 3.63) is 120 Å². The average Bonchev–Trinajstić information content (AvgIpc) is 2.93. The van der Waals surface area contributed by atoms with E-state index in [4.69, 9.17) is 9.97 Å². The predicted octanol–water partition coefficient (Wildman–Crippen LogP) is 9.19. The summed E-state index contributed by atoms with van der Waals surface area (Å²) in [5, 5.41) is 6.92. The first-order chi connectivity index (χ1) is 17.3. The monoisotopic (exact) mass is 510 g/mol. The lowest BCUT2D eigenvalue weighted by Gasteiger charge is -2.14. The molecule has 2 heterocycles. The number of rotatable bonds is 2. The zero-order valence-electron chi connectivity index (χ0n) is 18.7. The van der Waals surface area contributed by atoms with Gasteiger partial charge in [-0.1, -0.05) is 103 Å². The summed E-state index contributed by atoms with van der Waals surface area (Å²) in [5.74, 6) is 0. The molecule has 2 nitrogen and oxygen atoms in total. The lowest BCUT2D eigenvalue weighted by molar-refractivity contribution is 1.37. The van der Waals surface area contributed by atoms with Gasteiger partial charge in [0, 0.05) is 26.4 Å². The summed E-state index contributed by atoms with van der Waals surface area (Å²) in [6.07, 6.45) is 0. The van der Waals surface area contributed by atoms with Gasteiger partial charge in [0.1, 0.15) is 0 Å². The molecule has 0 bridgehead atoms. The molecule has 5 aromatic carbocycles. The first-order valence-corrected chi connectivity index (χ1v) is 12.4. The van der Waals surface area contributed by atoms with E-state index in [0.717, 1.165) is 48.8 Å². The van der Waals surface area contributed by atoms with E-state index in [0.29, 0.717) is 0 Å². The molecule has 0 aliphatic heterocycles. The summed E-state index contributed by atoms with van der Waals surface area (Å²) in [6, 6.07) is 40.2. The van der Waals surface area contributed by atoms with E-state index in [1.807, 2.05) is 18.2 Å². The maximum Gasteiger partial charge on any atom is 0.0972 e. The number of hydrogen-bond acceptors (Lipinski definition) is 2. The molecule has 3 heteroatoms. The zero-order chi connectivity index (χ0) is 23.4. The van der Waals surface area contributed by atoms with Crippen LogP contribution in [0.15, 0.2) is 120 Å². The smallest absolute Gasteiger partial charge is 0.0972 e. The molecule has 0 fully saturated rings. The van der Waals surface area contributed by atoms with Gasteiger partial charge in [0.2, 0.25) is 0 Å². The molecule has 0 amide bonds. The Labute approximate surface area is 211 Å². The van der Waals surface area contributed by atoms with Gasteiger partial charge in [0.25, 0.3) is 0 Å². The Kier molecular flexibility index (Phi) is 4.64. The third-order valence-electron chi connectivity index (χ3n) is 6.71. The molecule has 0 radical (unpaired) electrons. The molecule has 0 N–H and O–H groups in total. The Morgan fingerprint density at radius 1 is 0.429 bits per heavy atom. The van der Waals surface area contributed by atoms with E-state index < -0.39 is 0 Å². The molecular formula is C32H19BrN2. The van der Waals surface area contributed by atoms with Crippen LogP contribution in [0, 0.1) is 0 Å². The zero-order valence-corrected chi connectivity index (χ0v) is 20.3. The highest BCUT2D eigenvalue weighted by Crippen LogP contribution is 2.41. The van der Waals surface area contributed by atoms with Crippen molar-refractivity contribution in [1.29, 1.82) is 0 Å². The fourth-order valence-electron chi connectivity index (χ4n) is 5.03. The second-order valence-electron chi connectivity index (χ2n) is 8.75. The number of benzene rings is 5. The van der Waals surface area contributed by atoms with E-state index in [-0.39, 0.29) is 0 Å². The van der Waals surface area contributed by atoms with Crippen LogP contribution < -0.4 is 0 Å². The molecule has 0 saturated carbocycles. The van der Waals surface area contributed by atoms with Crippen molar-refractivity contribution in [1.82, 2.24) is 9.97 Å². The van der Waals surface area contributed by atoms with Gasteiger partial charge >= 0.3 is 0 Å². The fourth-order valence-corrected chi connectivity index (χ4v) is 5.72. The normalized spacial score (nSPS) is 11.6. The van der Waals surface area contributed by atoms with Crippen molar-refractivity contribution in [2.45, 2.75) is 0 Å². The van der Waals surface area contributed by atoms with Crippen LogP contribution in [0.1, 0.15) is 0 Å². The summed E-state index contributed by atoms with van der Waals surface area (Å²) in [6.45, 7) is 0. The molecule has 0 spiro atoms. The van der Waals surface area contributed by atoms with Crippen molar-refractivity contribution in [3.8, 4) is 22.5 Å². The highest BCUT2D eigenvalue weighted by atomic mass is 79.9. The summed E-state index contributed by atoms with van der Waals surface area (Å²) in [7, 11) is 0. The molecule has 0 aliphatic carbocycles. The summed E-state index contributed by atoms with van der Waals surface area (Å²) in [4.78, 5) is 10.3. The third kappa shape index (κ3) is 3.23. The van der Waals surface area contributed by atoms with Crippen LogP contribution in [-0.2, 0) is 0 Å². The van der Waals surface area contributed by atoms with Crippen molar-refractivity contribution in [2.24, 2.45) is 0 Å². The standard InChI is InChI=1S/C32H19BrN2/c33-30-25-12-6-4-10-23(25)29(24-11-5-7-13-26(24)30)28-19-17-22-15-14-21-16-18-27(20-8-2-1-3-9-20)34-31(21)32(22)35-28/h1-19H. The second-order valence-corrected chi connectivity index (χ2v) is 9.54. The molecule has 7 rings (SSSR count). The van der Waals surface area contributed by atoms with Gasteiger partial charge in [-0.25, -0.2) is 9.97 Å². The fraction of sp³-hybridized carbons (Fsp3) is 0. The second kappa shape index (κ2) is 8.00. The molecule has 2 aromatic heterocycles. The number of fused-ring (bicyclic) bond motifs is 5. The van der Waals surface area contributed by atoms with E-state index in [1.54, 1.807) is 0 Å². The van der Waals surface area contributed by atoms with Gasteiger partial charge in [-0.05, 0) is 49.6 Å². The van der Waals surface area contributed by atoms with Crippen molar-refractivity contribution in [3.63, 3.8) is 0 Å².